The van der Waals surface area contributed by atoms with Crippen LogP contribution in [0.2, 0.25) is 0 Å². The number of methoxy groups -OCH3 is 1. The molecular weight excluding hydrogens is 358 g/mol. The molecule has 3 aromatic rings. The highest BCUT2D eigenvalue weighted by Gasteiger charge is 2.14. The van der Waals surface area contributed by atoms with Crippen LogP contribution in [0.15, 0.2) is 72.9 Å². The van der Waals surface area contributed by atoms with E-state index in [1.165, 1.54) is 24.3 Å². The van der Waals surface area contributed by atoms with Crippen molar-refractivity contribution in [1.29, 1.82) is 0 Å². The van der Waals surface area contributed by atoms with Gasteiger partial charge >= 0.3 is 6.09 Å². The molecule has 0 bridgehead atoms. The summed E-state index contributed by atoms with van der Waals surface area (Å²) in [7, 11) is 3.15. The van der Waals surface area contributed by atoms with E-state index in [2.05, 4.69) is 10.3 Å². The molecule has 0 saturated heterocycles. The van der Waals surface area contributed by atoms with E-state index in [0.717, 1.165) is 0 Å². The van der Waals surface area contributed by atoms with Gasteiger partial charge in [0.05, 0.1) is 19.0 Å². The summed E-state index contributed by atoms with van der Waals surface area (Å²) < 4.78 is 10.4. The van der Waals surface area contributed by atoms with Crippen molar-refractivity contribution in [1.82, 2.24) is 4.98 Å². The average molecular weight is 377 g/mol. The van der Waals surface area contributed by atoms with Crippen LogP contribution in [0.1, 0.15) is 10.4 Å². The second kappa shape index (κ2) is 8.68. The third kappa shape index (κ3) is 4.64. The van der Waals surface area contributed by atoms with Gasteiger partial charge in [-0.3, -0.25) is 9.69 Å². The third-order valence-corrected chi connectivity index (χ3v) is 3.94. The summed E-state index contributed by atoms with van der Waals surface area (Å²) in [6.45, 7) is 0. The van der Waals surface area contributed by atoms with Crippen molar-refractivity contribution < 1.29 is 19.1 Å². The number of nitrogens with one attached hydrogen (secondary N) is 1. The van der Waals surface area contributed by atoms with Crippen LogP contribution < -0.4 is 19.7 Å². The number of hydrogen-bond donors (Lipinski definition) is 1. The maximum Gasteiger partial charge on any atom is 0.420 e. The predicted octanol–water partition coefficient (Wildman–Crippen LogP) is 3.98. The molecule has 0 fully saturated rings. The van der Waals surface area contributed by atoms with Gasteiger partial charge in [-0.25, -0.2) is 9.78 Å². The molecule has 0 radical (unpaired) electrons. The lowest BCUT2D eigenvalue weighted by Gasteiger charge is -2.16. The Labute approximate surface area is 162 Å². The van der Waals surface area contributed by atoms with Crippen LogP contribution in [-0.2, 0) is 0 Å². The Morgan fingerprint density at radius 1 is 1.00 bits per heavy atom. The molecule has 0 atom stereocenters. The number of benzene rings is 2. The number of carbonyl (C=O) groups excluding carboxylic acids is 2. The Kier molecular flexibility index (Phi) is 5.86. The van der Waals surface area contributed by atoms with Crippen LogP contribution in [-0.4, -0.2) is 31.1 Å². The molecular formula is C21H19N3O4. The van der Waals surface area contributed by atoms with Gasteiger partial charge in [-0.2, -0.15) is 0 Å². The van der Waals surface area contributed by atoms with E-state index in [1.54, 1.807) is 49.5 Å². The molecule has 142 valence electrons. The normalized spacial score (nSPS) is 10.1. The standard InChI is InChI=1S/C21H19N3O4/c1-24(17-8-4-3-5-9-17)21(26)28-19-12-11-16(14-22-19)23-20(25)15-7-6-10-18(13-15)27-2/h3-14H,1-2H3,(H,23,25). The smallest absolute Gasteiger partial charge is 0.420 e. The first-order chi connectivity index (χ1) is 13.6. The van der Waals surface area contributed by atoms with E-state index >= 15 is 0 Å². The highest BCUT2D eigenvalue weighted by Crippen LogP contribution is 2.18. The van der Waals surface area contributed by atoms with Crippen molar-refractivity contribution >= 4 is 23.4 Å². The molecule has 2 aromatic carbocycles. The summed E-state index contributed by atoms with van der Waals surface area (Å²) in [6, 6.07) is 19.0. The fraction of sp³-hybridized carbons (Fsp3) is 0.0952. The molecule has 3 rings (SSSR count). The summed E-state index contributed by atoms with van der Waals surface area (Å²) in [5.41, 5.74) is 1.64. The first-order valence-electron chi connectivity index (χ1n) is 8.49. The highest BCUT2D eigenvalue weighted by molar-refractivity contribution is 6.04. The van der Waals surface area contributed by atoms with Gasteiger partial charge in [0.2, 0.25) is 5.88 Å². The number of hydrogen-bond acceptors (Lipinski definition) is 5. The number of amides is 2. The van der Waals surface area contributed by atoms with Crippen molar-refractivity contribution in [2.24, 2.45) is 0 Å². The molecule has 7 nitrogen and oxygen atoms in total. The Balaban J connectivity index is 1.61. The minimum Gasteiger partial charge on any atom is -0.497 e. The number of rotatable bonds is 5. The van der Waals surface area contributed by atoms with Crippen LogP contribution in [0, 0.1) is 0 Å². The monoisotopic (exact) mass is 377 g/mol. The lowest BCUT2D eigenvalue weighted by atomic mass is 10.2. The first kappa shape index (κ1) is 18.9. The molecule has 1 heterocycles. The third-order valence-electron chi connectivity index (χ3n) is 3.94. The van der Waals surface area contributed by atoms with Gasteiger partial charge in [0.1, 0.15) is 5.75 Å². The zero-order valence-corrected chi connectivity index (χ0v) is 15.5. The molecule has 0 aliphatic heterocycles. The van der Waals surface area contributed by atoms with E-state index in [4.69, 9.17) is 9.47 Å². The van der Waals surface area contributed by atoms with E-state index in [9.17, 15) is 9.59 Å². The number of carbonyl (C=O) groups is 2. The van der Waals surface area contributed by atoms with Crippen LogP contribution in [0.3, 0.4) is 0 Å². The molecule has 1 aromatic heterocycles. The fourth-order valence-corrected chi connectivity index (χ4v) is 2.40. The number of nitrogens with zero attached hydrogens (tertiary/aromatic N) is 2. The van der Waals surface area contributed by atoms with Crippen LogP contribution in [0.25, 0.3) is 0 Å². The maximum absolute atomic E-state index is 12.3. The van der Waals surface area contributed by atoms with Crippen molar-refractivity contribution in [2.45, 2.75) is 0 Å². The largest absolute Gasteiger partial charge is 0.497 e. The van der Waals surface area contributed by atoms with Gasteiger partial charge in [0.25, 0.3) is 5.91 Å². The molecule has 28 heavy (non-hydrogen) atoms. The Bertz CT molecular complexity index is 959. The molecule has 0 unspecified atom stereocenters. The van der Waals surface area contributed by atoms with E-state index in [-0.39, 0.29) is 11.8 Å². The van der Waals surface area contributed by atoms with Crippen LogP contribution in [0.4, 0.5) is 16.2 Å². The predicted molar refractivity (Wildman–Crippen MR) is 106 cm³/mol. The maximum atomic E-state index is 12.3. The highest BCUT2D eigenvalue weighted by atomic mass is 16.6. The number of aromatic nitrogens is 1. The Morgan fingerprint density at radius 3 is 2.46 bits per heavy atom. The topological polar surface area (TPSA) is 80.8 Å². The van der Waals surface area contributed by atoms with Gasteiger partial charge in [0, 0.05) is 24.4 Å². The first-order valence-corrected chi connectivity index (χ1v) is 8.49. The summed E-state index contributed by atoms with van der Waals surface area (Å²) in [6.07, 6.45) is 0.857. The lowest BCUT2D eigenvalue weighted by molar-refractivity contribution is 0.102. The number of anilines is 2. The number of para-hydroxylation sites is 1. The molecule has 2 amide bonds. The van der Waals surface area contributed by atoms with Crippen molar-refractivity contribution in [2.75, 3.05) is 24.4 Å². The van der Waals surface area contributed by atoms with Crippen molar-refractivity contribution in [3.63, 3.8) is 0 Å². The van der Waals surface area contributed by atoms with Gasteiger partial charge < -0.3 is 14.8 Å². The quantitative estimate of drug-likeness (QED) is 0.727. The van der Waals surface area contributed by atoms with Crippen LogP contribution in [0.5, 0.6) is 11.6 Å². The Hall–Kier alpha value is -3.87. The van der Waals surface area contributed by atoms with E-state index in [1.807, 2.05) is 18.2 Å². The van der Waals surface area contributed by atoms with E-state index < -0.39 is 6.09 Å². The zero-order valence-electron chi connectivity index (χ0n) is 15.5. The minimum absolute atomic E-state index is 0.132. The van der Waals surface area contributed by atoms with Gasteiger partial charge in [-0.15, -0.1) is 0 Å². The average Bonchev–Trinajstić information content (AvgIpc) is 2.75. The summed E-state index contributed by atoms with van der Waals surface area (Å²) in [5, 5.41) is 2.73. The Morgan fingerprint density at radius 2 is 1.79 bits per heavy atom. The van der Waals surface area contributed by atoms with Gasteiger partial charge in [0.15, 0.2) is 0 Å². The summed E-state index contributed by atoms with van der Waals surface area (Å²) in [4.78, 5) is 29.9. The number of pyridine rings is 1. The molecule has 0 aliphatic rings. The molecule has 0 spiro atoms. The SMILES string of the molecule is COc1cccc(C(=O)Nc2ccc(OC(=O)N(C)c3ccccc3)nc2)c1. The summed E-state index contributed by atoms with van der Waals surface area (Å²) >= 11 is 0. The van der Waals surface area contributed by atoms with Crippen LogP contribution >= 0.6 is 0 Å². The number of ether oxygens (including phenoxy) is 2. The summed E-state index contributed by atoms with van der Waals surface area (Å²) in [5.74, 6) is 0.428. The van der Waals surface area contributed by atoms with Gasteiger partial charge in [-0.05, 0) is 36.4 Å². The van der Waals surface area contributed by atoms with Gasteiger partial charge in [-0.1, -0.05) is 24.3 Å². The molecule has 1 N–H and O–H groups in total. The lowest BCUT2D eigenvalue weighted by Crippen LogP contribution is -2.29. The fourth-order valence-electron chi connectivity index (χ4n) is 2.40. The minimum atomic E-state index is -0.563. The second-order valence-corrected chi connectivity index (χ2v) is 5.83. The molecule has 7 heteroatoms. The van der Waals surface area contributed by atoms with Crippen molar-refractivity contribution in [3.8, 4) is 11.6 Å². The van der Waals surface area contributed by atoms with Crippen molar-refractivity contribution in [3.05, 3.63) is 78.5 Å². The zero-order chi connectivity index (χ0) is 19.9. The second-order valence-electron chi connectivity index (χ2n) is 5.83. The molecule has 0 saturated carbocycles. The molecule has 0 aliphatic carbocycles. The van der Waals surface area contributed by atoms with E-state index in [0.29, 0.717) is 22.7 Å².